The Morgan fingerprint density at radius 1 is 1.04 bits per heavy atom. The maximum absolute atomic E-state index is 14.2. The maximum atomic E-state index is 14.2. The van der Waals surface area contributed by atoms with Gasteiger partial charge in [-0.1, -0.05) is 48.0 Å². The van der Waals surface area contributed by atoms with Crippen LogP contribution in [0.5, 0.6) is 0 Å². The summed E-state index contributed by atoms with van der Waals surface area (Å²) in [4.78, 5) is 0. The third-order valence-corrected chi connectivity index (χ3v) is 7.30. The zero-order valence-electron chi connectivity index (χ0n) is 15.2. The SMILES string of the molecule is Cc1ccc(N2CC=C(c3ccccc3)O[P@@]2(=O)N(CCCl)CCCl)cc1. The smallest absolute Gasteiger partial charge is 0.417 e. The summed E-state index contributed by atoms with van der Waals surface area (Å²) in [5.41, 5.74) is 2.89. The average molecular weight is 425 g/mol. The molecule has 27 heavy (non-hydrogen) atoms. The second kappa shape index (κ2) is 9.16. The van der Waals surface area contributed by atoms with Crippen molar-refractivity contribution < 1.29 is 9.09 Å². The van der Waals surface area contributed by atoms with Gasteiger partial charge in [-0.2, -0.15) is 0 Å². The minimum absolute atomic E-state index is 0.344. The summed E-state index contributed by atoms with van der Waals surface area (Å²) in [6.45, 7) is 3.36. The van der Waals surface area contributed by atoms with E-state index >= 15 is 0 Å². The number of hydrogen-bond acceptors (Lipinski definition) is 2. The highest BCUT2D eigenvalue weighted by molar-refractivity contribution is 7.58. The molecular formula is C20H23Cl2N2O2P. The number of hydrogen-bond donors (Lipinski definition) is 0. The number of nitrogens with zero attached hydrogens (tertiary/aromatic N) is 2. The molecule has 2 aromatic rings. The minimum atomic E-state index is -3.40. The Kier molecular flexibility index (Phi) is 6.88. The first-order valence-corrected chi connectivity index (χ1v) is 11.5. The van der Waals surface area contributed by atoms with Gasteiger partial charge in [0.2, 0.25) is 0 Å². The highest BCUT2D eigenvalue weighted by Gasteiger charge is 2.42. The molecule has 0 fully saturated rings. The second-order valence-corrected chi connectivity index (χ2v) is 9.23. The summed E-state index contributed by atoms with van der Waals surface area (Å²) in [6.07, 6.45) is 1.96. The molecule has 0 aromatic heterocycles. The maximum Gasteiger partial charge on any atom is 0.422 e. The van der Waals surface area contributed by atoms with E-state index in [1.165, 1.54) is 0 Å². The van der Waals surface area contributed by atoms with Gasteiger partial charge in [0.1, 0.15) is 5.76 Å². The molecule has 0 saturated carbocycles. The second-order valence-electron chi connectivity index (χ2n) is 6.27. The highest BCUT2D eigenvalue weighted by Crippen LogP contribution is 2.60. The molecular weight excluding hydrogens is 402 g/mol. The topological polar surface area (TPSA) is 32.8 Å². The van der Waals surface area contributed by atoms with Crippen molar-refractivity contribution in [3.05, 3.63) is 71.8 Å². The fraction of sp³-hybridized carbons (Fsp3) is 0.300. The number of anilines is 1. The van der Waals surface area contributed by atoms with E-state index < -0.39 is 7.67 Å². The molecule has 3 rings (SSSR count). The van der Waals surface area contributed by atoms with Crippen molar-refractivity contribution in [3.63, 3.8) is 0 Å². The third kappa shape index (κ3) is 4.52. The van der Waals surface area contributed by atoms with Crippen LogP contribution < -0.4 is 4.67 Å². The standard InChI is InChI=1S/C20H23Cl2N2O2P/c1-17-7-9-19(10-8-17)24-14-11-20(18-5-3-2-4-6-18)26-27(24,25)23(15-12-21)16-13-22/h2-11H,12-16H2,1H3/t27-/m0/s1. The van der Waals surface area contributed by atoms with Crippen molar-refractivity contribution >= 4 is 42.3 Å². The molecule has 1 aliphatic rings. The normalized spacial score (nSPS) is 19.7. The molecule has 144 valence electrons. The lowest BCUT2D eigenvalue weighted by Crippen LogP contribution is -2.37. The zero-order valence-corrected chi connectivity index (χ0v) is 17.6. The summed E-state index contributed by atoms with van der Waals surface area (Å²) in [5.74, 6) is 1.31. The predicted molar refractivity (Wildman–Crippen MR) is 115 cm³/mol. The molecule has 0 saturated heterocycles. The van der Waals surface area contributed by atoms with Gasteiger partial charge < -0.3 is 4.52 Å². The van der Waals surface area contributed by atoms with Crippen LogP contribution in [0, 0.1) is 6.92 Å². The number of aryl methyl sites for hydroxylation is 1. The van der Waals surface area contributed by atoms with E-state index in [4.69, 9.17) is 27.7 Å². The zero-order chi connectivity index (χ0) is 19.3. The number of halogens is 2. The van der Waals surface area contributed by atoms with E-state index in [2.05, 4.69) is 0 Å². The van der Waals surface area contributed by atoms with E-state index in [1.54, 1.807) is 4.67 Å². The van der Waals surface area contributed by atoms with Crippen LogP contribution in [0.4, 0.5) is 5.69 Å². The summed E-state index contributed by atoms with van der Waals surface area (Å²) < 4.78 is 23.9. The molecule has 2 aromatic carbocycles. The van der Waals surface area contributed by atoms with Gasteiger partial charge in [-0.15, -0.1) is 23.2 Å². The monoisotopic (exact) mass is 424 g/mol. The average Bonchev–Trinajstić information content (AvgIpc) is 2.69. The van der Waals surface area contributed by atoms with Gasteiger partial charge in [-0.3, -0.25) is 4.67 Å². The quantitative estimate of drug-likeness (QED) is 0.417. The highest BCUT2D eigenvalue weighted by atomic mass is 35.5. The fourth-order valence-electron chi connectivity index (χ4n) is 3.00. The molecule has 1 heterocycles. The van der Waals surface area contributed by atoms with Crippen molar-refractivity contribution in [1.29, 1.82) is 0 Å². The summed E-state index contributed by atoms with van der Waals surface area (Å²) in [5, 5.41) is 0. The first kappa shape index (κ1) is 20.3. The minimum Gasteiger partial charge on any atom is -0.417 e. The van der Waals surface area contributed by atoms with Crippen molar-refractivity contribution in [2.45, 2.75) is 6.92 Å². The lowest BCUT2D eigenvalue weighted by Gasteiger charge is -2.41. The molecule has 4 nitrogen and oxygen atoms in total. The summed E-state index contributed by atoms with van der Waals surface area (Å²) in [6, 6.07) is 17.7. The number of alkyl halides is 2. The Morgan fingerprint density at radius 3 is 2.26 bits per heavy atom. The third-order valence-electron chi connectivity index (χ3n) is 4.40. The van der Waals surface area contributed by atoms with Crippen molar-refractivity contribution in [1.82, 2.24) is 4.67 Å². The Hall–Kier alpha value is -1.45. The molecule has 0 unspecified atom stereocenters. The molecule has 0 radical (unpaired) electrons. The molecule has 1 atom stereocenters. The van der Waals surface area contributed by atoms with Gasteiger partial charge in [0.05, 0.1) is 6.54 Å². The van der Waals surface area contributed by atoms with Crippen LogP contribution in [-0.2, 0) is 9.09 Å². The molecule has 0 spiro atoms. The summed E-state index contributed by atoms with van der Waals surface area (Å²) >= 11 is 12.0. The van der Waals surface area contributed by atoms with Gasteiger partial charge in [-0.25, -0.2) is 9.24 Å². The van der Waals surface area contributed by atoms with Crippen molar-refractivity contribution in [3.8, 4) is 0 Å². The van der Waals surface area contributed by atoms with Gasteiger partial charge in [0.15, 0.2) is 0 Å². The Labute approximate surface area is 170 Å². The molecule has 0 bridgehead atoms. The molecule has 0 aliphatic carbocycles. The fourth-order valence-corrected chi connectivity index (χ4v) is 6.02. The first-order chi connectivity index (χ1) is 13.1. The van der Waals surface area contributed by atoms with E-state index in [0.717, 1.165) is 16.8 Å². The number of benzene rings is 2. The van der Waals surface area contributed by atoms with Gasteiger partial charge in [0, 0.05) is 36.1 Å². The Bertz CT molecular complexity index is 822. The van der Waals surface area contributed by atoms with Crippen LogP contribution in [0.15, 0.2) is 60.7 Å². The van der Waals surface area contributed by atoms with Gasteiger partial charge in [-0.05, 0) is 25.1 Å². The van der Waals surface area contributed by atoms with E-state index in [1.807, 2.05) is 72.3 Å². The van der Waals surface area contributed by atoms with Crippen LogP contribution in [0.25, 0.3) is 5.76 Å². The molecule has 0 amide bonds. The lowest BCUT2D eigenvalue weighted by molar-refractivity contribution is 0.350. The van der Waals surface area contributed by atoms with E-state index in [9.17, 15) is 4.57 Å². The number of rotatable bonds is 7. The molecule has 1 aliphatic heterocycles. The molecule has 0 N–H and O–H groups in total. The largest absolute Gasteiger partial charge is 0.422 e. The van der Waals surface area contributed by atoms with E-state index in [-0.39, 0.29) is 0 Å². The Morgan fingerprint density at radius 2 is 1.67 bits per heavy atom. The van der Waals surface area contributed by atoms with Gasteiger partial charge >= 0.3 is 7.67 Å². The van der Waals surface area contributed by atoms with E-state index in [0.29, 0.717) is 37.2 Å². The van der Waals surface area contributed by atoms with Crippen LogP contribution in [-0.4, -0.2) is 36.1 Å². The van der Waals surface area contributed by atoms with Crippen molar-refractivity contribution in [2.24, 2.45) is 0 Å². The van der Waals surface area contributed by atoms with Crippen LogP contribution in [0.3, 0.4) is 0 Å². The Balaban J connectivity index is 2.03. The van der Waals surface area contributed by atoms with Crippen LogP contribution in [0.2, 0.25) is 0 Å². The van der Waals surface area contributed by atoms with Gasteiger partial charge in [0.25, 0.3) is 0 Å². The lowest BCUT2D eigenvalue weighted by atomic mass is 10.2. The molecule has 7 heteroatoms. The van der Waals surface area contributed by atoms with Crippen LogP contribution in [0.1, 0.15) is 11.1 Å². The van der Waals surface area contributed by atoms with Crippen LogP contribution >= 0.6 is 30.9 Å². The van der Waals surface area contributed by atoms with Crippen molar-refractivity contribution in [2.75, 3.05) is 36.1 Å². The predicted octanol–water partition coefficient (Wildman–Crippen LogP) is 5.76. The first-order valence-electron chi connectivity index (χ1n) is 8.86. The summed E-state index contributed by atoms with van der Waals surface area (Å²) in [7, 11) is -3.40.